The number of amidine groups is 1. The summed E-state index contributed by atoms with van der Waals surface area (Å²) in [7, 11) is 0. The van der Waals surface area contributed by atoms with Gasteiger partial charge in [-0.15, -0.1) is 0 Å². The number of nitrogen functional groups attached to an aromatic ring is 1. The highest BCUT2D eigenvalue weighted by molar-refractivity contribution is 6.08. The number of rotatable bonds is 2. The zero-order valence-corrected chi connectivity index (χ0v) is 11.5. The molecule has 1 aromatic heterocycles. The second-order valence-corrected chi connectivity index (χ2v) is 5.61. The van der Waals surface area contributed by atoms with Crippen LogP contribution in [0.4, 0.5) is 0 Å². The third kappa shape index (κ3) is 1.89. The minimum Gasteiger partial charge on any atom is -0.384 e. The first-order valence-corrected chi connectivity index (χ1v) is 6.87. The van der Waals surface area contributed by atoms with Gasteiger partial charge in [-0.05, 0) is 48.4 Å². The molecule has 1 aromatic carbocycles. The molecular weight excluding hydrogens is 234 g/mol. The number of fused-ring (bicyclic) bond motifs is 2. The summed E-state index contributed by atoms with van der Waals surface area (Å²) < 4.78 is 0. The topological polar surface area (TPSA) is 62.8 Å². The van der Waals surface area contributed by atoms with Gasteiger partial charge in [0, 0.05) is 16.6 Å². The molecule has 0 unspecified atom stereocenters. The van der Waals surface area contributed by atoms with E-state index >= 15 is 0 Å². The van der Waals surface area contributed by atoms with E-state index in [0.717, 1.165) is 41.4 Å². The fraction of sp³-hybridized carbons (Fsp3) is 0.375. The Morgan fingerprint density at radius 1 is 1.32 bits per heavy atom. The minimum atomic E-state index is 0.173. The third-order valence-corrected chi connectivity index (χ3v) is 3.97. The number of benzene rings is 1. The molecule has 0 atom stereocenters. The number of nitrogens with two attached hydrogens (primary N) is 1. The highest BCUT2D eigenvalue weighted by Gasteiger charge is 2.21. The predicted octanol–water partition coefficient (Wildman–Crippen LogP) is 3.13. The van der Waals surface area contributed by atoms with E-state index in [9.17, 15) is 0 Å². The van der Waals surface area contributed by atoms with Crippen LogP contribution in [-0.2, 0) is 12.8 Å². The van der Waals surface area contributed by atoms with Crippen LogP contribution in [0.2, 0.25) is 0 Å². The van der Waals surface area contributed by atoms with E-state index in [1.807, 2.05) is 0 Å². The Kier molecular flexibility index (Phi) is 2.77. The second kappa shape index (κ2) is 4.34. The van der Waals surface area contributed by atoms with Crippen LogP contribution in [0.5, 0.6) is 0 Å². The van der Waals surface area contributed by atoms with Crippen LogP contribution in [0.25, 0.3) is 10.9 Å². The first-order valence-electron chi connectivity index (χ1n) is 6.87. The highest BCUT2D eigenvalue weighted by atomic mass is 14.7. The molecule has 0 radical (unpaired) electrons. The van der Waals surface area contributed by atoms with E-state index in [2.05, 4.69) is 32.0 Å². The highest BCUT2D eigenvalue weighted by Crippen LogP contribution is 2.31. The normalized spacial score (nSPS) is 14.1. The van der Waals surface area contributed by atoms with E-state index in [1.165, 1.54) is 11.1 Å². The lowest BCUT2D eigenvalue weighted by Crippen LogP contribution is -2.15. The Labute approximate surface area is 113 Å². The second-order valence-electron chi connectivity index (χ2n) is 5.61. The molecule has 1 heterocycles. The van der Waals surface area contributed by atoms with Crippen molar-refractivity contribution in [3.8, 4) is 0 Å². The SMILES string of the molecule is CC(C)c1ccc2nc3c(c(C(=N)N)c2c1)CCC3. The van der Waals surface area contributed by atoms with Gasteiger partial charge in [0.25, 0.3) is 0 Å². The van der Waals surface area contributed by atoms with Crippen molar-refractivity contribution >= 4 is 16.7 Å². The summed E-state index contributed by atoms with van der Waals surface area (Å²) in [6.45, 7) is 4.35. The minimum absolute atomic E-state index is 0.173. The maximum Gasteiger partial charge on any atom is 0.123 e. The largest absolute Gasteiger partial charge is 0.384 e. The molecular formula is C16H19N3. The number of nitrogens with one attached hydrogen (secondary N) is 1. The number of hydrogen-bond donors (Lipinski definition) is 2. The van der Waals surface area contributed by atoms with Crippen LogP contribution in [0.1, 0.15) is 48.6 Å². The Morgan fingerprint density at radius 2 is 2.11 bits per heavy atom. The Balaban J connectivity index is 2.36. The quantitative estimate of drug-likeness (QED) is 0.638. The van der Waals surface area contributed by atoms with Crippen LogP contribution in [0.3, 0.4) is 0 Å². The van der Waals surface area contributed by atoms with Gasteiger partial charge in [0.15, 0.2) is 0 Å². The molecule has 0 saturated heterocycles. The van der Waals surface area contributed by atoms with E-state index < -0.39 is 0 Å². The lowest BCUT2D eigenvalue weighted by molar-refractivity contribution is 0.868. The molecule has 3 nitrogen and oxygen atoms in total. The molecule has 3 rings (SSSR count). The smallest absolute Gasteiger partial charge is 0.123 e. The zero-order valence-electron chi connectivity index (χ0n) is 11.5. The summed E-state index contributed by atoms with van der Waals surface area (Å²) in [6.07, 6.45) is 3.13. The number of nitrogens with zero attached hydrogens (tertiary/aromatic N) is 1. The Morgan fingerprint density at radius 3 is 2.79 bits per heavy atom. The summed E-state index contributed by atoms with van der Waals surface area (Å²) in [6, 6.07) is 6.35. The number of aryl methyl sites for hydroxylation is 1. The molecule has 0 saturated carbocycles. The van der Waals surface area contributed by atoms with Gasteiger partial charge in [0.1, 0.15) is 5.84 Å². The van der Waals surface area contributed by atoms with Crippen molar-refractivity contribution in [1.29, 1.82) is 5.41 Å². The summed E-state index contributed by atoms with van der Waals surface area (Å²) in [5, 5.41) is 8.95. The first kappa shape index (κ1) is 12.2. The van der Waals surface area contributed by atoms with E-state index in [4.69, 9.17) is 16.1 Å². The van der Waals surface area contributed by atoms with Crippen molar-refractivity contribution in [2.75, 3.05) is 0 Å². The van der Waals surface area contributed by atoms with Gasteiger partial charge in [0.05, 0.1) is 5.52 Å². The van der Waals surface area contributed by atoms with Crippen molar-refractivity contribution < 1.29 is 0 Å². The van der Waals surface area contributed by atoms with E-state index in [0.29, 0.717) is 5.92 Å². The van der Waals surface area contributed by atoms with E-state index in [1.54, 1.807) is 0 Å². The molecule has 3 heteroatoms. The van der Waals surface area contributed by atoms with Gasteiger partial charge in [-0.3, -0.25) is 10.4 Å². The molecule has 1 aliphatic rings. The Hall–Kier alpha value is -1.90. The van der Waals surface area contributed by atoms with Crippen molar-refractivity contribution in [1.82, 2.24) is 4.98 Å². The maximum absolute atomic E-state index is 7.91. The summed E-state index contributed by atoms with van der Waals surface area (Å²) in [5.74, 6) is 0.643. The predicted molar refractivity (Wildman–Crippen MR) is 78.9 cm³/mol. The lowest BCUT2D eigenvalue weighted by atomic mass is 9.95. The summed E-state index contributed by atoms with van der Waals surface area (Å²) >= 11 is 0. The monoisotopic (exact) mass is 253 g/mol. The van der Waals surface area contributed by atoms with Gasteiger partial charge in [-0.25, -0.2) is 0 Å². The molecule has 0 aliphatic heterocycles. The van der Waals surface area contributed by atoms with Crippen LogP contribution in [0, 0.1) is 5.41 Å². The Bertz CT molecular complexity index is 671. The van der Waals surface area contributed by atoms with Gasteiger partial charge < -0.3 is 5.73 Å². The summed E-state index contributed by atoms with van der Waals surface area (Å²) in [4.78, 5) is 4.75. The van der Waals surface area contributed by atoms with Gasteiger partial charge in [-0.1, -0.05) is 19.9 Å². The van der Waals surface area contributed by atoms with Crippen LogP contribution < -0.4 is 5.73 Å². The van der Waals surface area contributed by atoms with Gasteiger partial charge in [0.2, 0.25) is 0 Å². The fourth-order valence-electron chi connectivity index (χ4n) is 2.95. The standard InChI is InChI=1S/C16H19N3/c1-9(2)10-6-7-14-12(8-10)15(16(17)18)11-4-3-5-13(11)19-14/h6-9H,3-5H2,1-2H3,(H3,17,18). The average molecular weight is 253 g/mol. The molecule has 1 aliphatic carbocycles. The number of hydrogen-bond acceptors (Lipinski definition) is 2. The number of pyridine rings is 1. The molecule has 0 bridgehead atoms. The third-order valence-electron chi connectivity index (χ3n) is 3.97. The molecule has 2 aromatic rings. The van der Waals surface area contributed by atoms with Gasteiger partial charge in [-0.2, -0.15) is 0 Å². The van der Waals surface area contributed by atoms with Crippen molar-refractivity contribution in [2.45, 2.75) is 39.0 Å². The molecule has 0 spiro atoms. The van der Waals surface area contributed by atoms with Crippen molar-refractivity contribution in [3.05, 3.63) is 40.6 Å². The van der Waals surface area contributed by atoms with Crippen LogP contribution in [-0.4, -0.2) is 10.8 Å². The molecule has 3 N–H and O–H groups in total. The molecule has 0 amide bonds. The molecule has 0 fully saturated rings. The van der Waals surface area contributed by atoms with Crippen molar-refractivity contribution in [2.24, 2.45) is 5.73 Å². The molecule has 98 valence electrons. The maximum atomic E-state index is 7.91. The summed E-state index contributed by atoms with van der Waals surface area (Å²) in [5.41, 5.74) is 11.3. The van der Waals surface area contributed by atoms with Crippen molar-refractivity contribution in [3.63, 3.8) is 0 Å². The number of aromatic nitrogens is 1. The van der Waals surface area contributed by atoms with E-state index in [-0.39, 0.29) is 5.84 Å². The first-order chi connectivity index (χ1) is 9.08. The van der Waals surface area contributed by atoms with Crippen LogP contribution >= 0.6 is 0 Å². The van der Waals surface area contributed by atoms with Gasteiger partial charge >= 0.3 is 0 Å². The zero-order chi connectivity index (χ0) is 13.6. The average Bonchev–Trinajstić information content (AvgIpc) is 2.81. The molecule has 19 heavy (non-hydrogen) atoms. The fourth-order valence-corrected chi connectivity index (χ4v) is 2.95. The lowest BCUT2D eigenvalue weighted by Gasteiger charge is -2.13. The van der Waals surface area contributed by atoms with Crippen LogP contribution in [0.15, 0.2) is 18.2 Å².